The summed E-state index contributed by atoms with van der Waals surface area (Å²) in [5, 5.41) is 7.64. The second kappa shape index (κ2) is 10.9. The molecule has 1 aliphatic rings. The fourth-order valence-electron chi connectivity index (χ4n) is 2.97. The fraction of sp³-hybridized carbons (Fsp3) is 0.250. The first kappa shape index (κ1) is 25.5. The van der Waals surface area contributed by atoms with E-state index in [1.54, 1.807) is 25.1 Å². The highest BCUT2D eigenvalue weighted by atomic mass is 19.4. The molecular weight excluding hydrogens is 463 g/mol. The lowest BCUT2D eigenvalue weighted by molar-refractivity contribution is -0.137. The van der Waals surface area contributed by atoms with Crippen molar-refractivity contribution in [3.63, 3.8) is 0 Å². The Balaban J connectivity index is 1.63. The van der Waals surface area contributed by atoms with Crippen LogP contribution in [-0.2, 0) is 11.0 Å². The second-order valence-electron chi connectivity index (χ2n) is 7.75. The summed E-state index contributed by atoms with van der Waals surface area (Å²) in [6.45, 7) is 5.16. The lowest BCUT2D eigenvalue weighted by Crippen LogP contribution is -2.24. The quantitative estimate of drug-likeness (QED) is 0.372. The molecule has 0 saturated heterocycles. The molecule has 1 aliphatic carbocycles. The third-order valence-corrected chi connectivity index (χ3v) is 4.97. The number of nitrogens with one attached hydrogen (secondary N) is 3. The van der Waals surface area contributed by atoms with Crippen molar-refractivity contribution in [3.05, 3.63) is 65.5 Å². The smallest absolute Gasteiger partial charge is 0.416 e. The third-order valence-electron chi connectivity index (χ3n) is 4.97. The number of rotatable bonds is 7. The number of carbonyl (C=O) groups is 2. The Kier molecular flexibility index (Phi) is 7.90. The van der Waals surface area contributed by atoms with Gasteiger partial charge in [-0.3, -0.25) is 9.79 Å². The maximum atomic E-state index is 12.9. The lowest BCUT2D eigenvalue weighted by Gasteiger charge is -2.13. The zero-order chi connectivity index (χ0) is 25.6. The van der Waals surface area contributed by atoms with Gasteiger partial charge >= 0.3 is 12.2 Å². The summed E-state index contributed by atoms with van der Waals surface area (Å²) in [5.74, 6) is 0.653. The van der Waals surface area contributed by atoms with Crippen molar-refractivity contribution in [1.82, 2.24) is 5.32 Å². The molecule has 0 atom stereocenters. The fourth-order valence-corrected chi connectivity index (χ4v) is 2.97. The van der Waals surface area contributed by atoms with Gasteiger partial charge in [0.05, 0.1) is 5.56 Å². The highest BCUT2D eigenvalue weighted by Gasteiger charge is 2.31. The number of aliphatic imine (C=N–C) groups is 2. The van der Waals surface area contributed by atoms with Gasteiger partial charge in [0.2, 0.25) is 11.8 Å². The number of aryl methyl sites for hydroxylation is 1. The summed E-state index contributed by atoms with van der Waals surface area (Å²) in [5.41, 5.74) is 0.200. The van der Waals surface area contributed by atoms with E-state index in [0.29, 0.717) is 17.0 Å². The molecule has 3 amide bonds. The van der Waals surface area contributed by atoms with Crippen molar-refractivity contribution < 1.29 is 27.5 Å². The maximum absolute atomic E-state index is 12.9. The summed E-state index contributed by atoms with van der Waals surface area (Å²) in [6, 6.07) is 8.44. The number of carbonyl (C=O) groups excluding carboxylic acids is 2. The minimum absolute atomic E-state index is 0.00319. The molecule has 35 heavy (non-hydrogen) atoms. The van der Waals surface area contributed by atoms with Crippen molar-refractivity contribution in [2.24, 2.45) is 15.9 Å². The van der Waals surface area contributed by atoms with Gasteiger partial charge in [-0.1, -0.05) is 6.07 Å². The first-order chi connectivity index (χ1) is 16.6. The number of nitrogens with zero attached hydrogens (tertiary/aromatic N) is 2. The molecule has 0 aliphatic heterocycles. The number of hydrogen-bond donors (Lipinski definition) is 3. The Labute approximate surface area is 200 Å². The van der Waals surface area contributed by atoms with Crippen molar-refractivity contribution >= 4 is 35.9 Å². The first-order valence-electron chi connectivity index (χ1n) is 10.6. The molecule has 1 fully saturated rings. The summed E-state index contributed by atoms with van der Waals surface area (Å²) in [4.78, 5) is 32.0. The van der Waals surface area contributed by atoms with Gasteiger partial charge in [0.1, 0.15) is 11.6 Å². The van der Waals surface area contributed by atoms with E-state index in [1.807, 2.05) is 0 Å². The molecular formula is C24H24F3N5O3. The van der Waals surface area contributed by atoms with Crippen LogP contribution in [0.2, 0.25) is 0 Å². The van der Waals surface area contributed by atoms with E-state index in [4.69, 9.17) is 4.74 Å². The SMILES string of the molecule is C=N/C(=C\C(=N/C)Oc1ccc(NC(=O)Nc2cccc(C(F)(F)F)c2)c(C)c1)NC(=O)C1CC1. The number of benzene rings is 2. The molecule has 0 aromatic heterocycles. The predicted molar refractivity (Wildman–Crippen MR) is 128 cm³/mol. The average molecular weight is 487 g/mol. The summed E-state index contributed by atoms with van der Waals surface area (Å²) >= 11 is 0. The van der Waals surface area contributed by atoms with Gasteiger partial charge in [-0.05, 0) is 68.4 Å². The van der Waals surface area contributed by atoms with E-state index >= 15 is 0 Å². The number of amides is 3. The third kappa shape index (κ3) is 7.42. The van der Waals surface area contributed by atoms with Crippen LogP contribution in [0.1, 0.15) is 24.0 Å². The van der Waals surface area contributed by atoms with Crippen LogP contribution in [0.5, 0.6) is 5.75 Å². The summed E-state index contributed by atoms with van der Waals surface area (Å²) < 4.78 is 44.3. The normalized spacial score (nSPS) is 14.2. The lowest BCUT2D eigenvalue weighted by atomic mass is 10.2. The molecule has 3 rings (SSSR count). The van der Waals surface area contributed by atoms with E-state index in [0.717, 1.165) is 25.0 Å². The molecule has 0 spiro atoms. The molecule has 2 aromatic rings. The Morgan fingerprint density at radius 2 is 1.89 bits per heavy atom. The Morgan fingerprint density at radius 1 is 1.14 bits per heavy atom. The molecule has 0 unspecified atom stereocenters. The van der Waals surface area contributed by atoms with Gasteiger partial charge in [0.25, 0.3) is 0 Å². The average Bonchev–Trinajstić information content (AvgIpc) is 3.65. The van der Waals surface area contributed by atoms with Gasteiger partial charge in [0, 0.05) is 30.4 Å². The van der Waals surface area contributed by atoms with E-state index in [1.165, 1.54) is 25.3 Å². The molecule has 11 heteroatoms. The van der Waals surface area contributed by atoms with E-state index in [2.05, 4.69) is 32.7 Å². The van der Waals surface area contributed by atoms with Crippen LogP contribution in [0.4, 0.5) is 29.3 Å². The van der Waals surface area contributed by atoms with Crippen molar-refractivity contribution in [1.29, 1.82) is 0 Å². The number of hydrogen-bond acceptors (Lipinski definition) is 5. The largest absolute Gasteiger partial charge is 0.439 e. The number of ether oxygens (including phenoxy) is 1. The maximum Gasteiger partial charge on any atom is 0.416 e. The Hall–Kier alpha value is -4.15. The Bertz CT molecular complexity index is 1190. The molecule has 2 aromatic carbocycles. The highest BCUT2D eigenvalue weighted by Crippen LogP contribution is 2.31. The summed E-state index contributed by atoms with van der Waals surface area (Å²) in [7, 11) is 1.51. The topological polar surface area (TPSA) is 104 Å². The molecule has 0 radical (unpaired) electrons. The zero-order valence-electron chi connectivity index (χ0n) is 19.1. The number of anilines is 2. The van der Waals surface area contributed by atoms with Crippen LogP contribution in [0.15, 0.2) is 64.3 Å². The first-order valence-corrected chi connectivity index (χ1v) is 10.6. The van der Waals surface area contributed by atoms with E-state index in [9.17, 15) is 22.8 Å². The number of alkyl halides is 3. The van der Waals surface area contributed by atoms with Gasteiger partial charge in [-0.2, -0.15) is 13.2 Å². The van der Waals surface area contributed by atoms with Crippen LogP contribution in [0.3, 0.4) is 0 Å². The molecule has 1 saturated carbocycles. The molecule has 3 N–H and O–H groups in total. The standard InChI is InChI=1S/C24H24F3N5O3/c1-14-11-18(35-21(29-3)13-20(28-2)32-22(33)15-7-8-15)9-10-19(14)31-23(34)30-17-6-4-5-16(12-17)24(25,26)27/h4-6,9-13,15H,2,7-8H2,1,3H3,(H,32,33)(H2,30,31,34)/b20-13+,29-21+. The Morgan fingerprint density at radius 3 is 2.49 bits per heavy atom. The van der Waals surface area contributed by atoms with Gasteiger partial charge in [-0.25, -0.2) is 9.79 Å². The molecule has 8 nitrogen and oxygen atoms in total. The van der Waals surface area contributed by atoms with Crippen molar-refractivity contribution in [2.45, 2.75) is 25.9 Å². The monoisotopic (exact) mass is 487 g/mol. The van der Waals surface area contributed by atoms with Crippen molar-refractivity contribution in [2.75, 3.05) is 17.7 Å². The predicted octanol–water partition coefficient (Wildman–Crippen LogP) is 5.13. The van der Waals surface area contributed by atoms with Crippen molar-refractivity contribution in [3.8, 4) is 5.75 Å². The van der Waals surface area contributed by atoms with Crippen LogP contribution in [0, 0.1) is 12.8 Å². The molecule has 184 valence electrons. The highest BCUT2D eigenvalue weighted by molar-refractivity contribution is 6.00. The number of urea groups is 1. The molecule has 0 heterocycles. The minimum atomic E-state index is -4.51. The van der Waals surface area contributed by atoms with E-state index < -0.39 is 17.8 Å². The second-order valence-corrected chi connectivity index (χ2v) is 7.75. The molecule has 0 bridgehead atoms. The zero-order valence-corrected chi connectivity index (χ0v) is 19.1. The van der Waals surface area contributed by atoms with Gasteiger partial charge < -0.3 is 20.7 Å². The van der Waals surface area contributed by atoms with Crippen LogP contribution in [-0.4, -0.2) is 31.6 Å². The van der Waals surface area contributed by atoms with Crippen LogP contribution in [0.25, 0.3) is 0 Å². The van der Waals surface area contributed by atoms with Crippen LogP contribution >= 0.6 is 0 Å². The summed E-state index contributed by atoms with van der Waals surface area (Å²) in [6.07, 6.45) is -1.38. The van der Waals surface area contributed by atoms with E-state index in [-0.39, 0.29) is 29.2 Å². The van der Waals surface area contributed by atoms with Crippen LogP contribution < -0.4 is 20.7 Å². The minimum Gasteiger partial charge on any atom is -0.439 e. The number of halogens is 3. The van der Waals surface area contributed by atoms with Gasteiger partial charge in [-0.15, -0.1) is 0 Å². The van der Waals surface area contributed by atoms with Gasteiger partial charge in [0.15, 0.2) is 0 Å².